The molecule has 1 rings (SSSR count). The predicted octanol–water partition coefficient (Wildman–Crippen LogP) is 2.84. The molecule has 0 bridgehead atoms. The molecule has 1 unspecified atom stereocenters. The van der Waals surface area contributed by atoms with Crippen molar-refractivity contribution in [2.75, 3.05) is 0 Å². The van der Waals surface area contributed by atoms with Crippen LogP contribution < -0.4 is 0 Å². The van der Waals surface area contributed by atoms with Crippen molar-refractivity contribution in [1.29, 1.82) is 0 Å². The summed E-state index contributed by atoms with van der Waals surface area (Å²) in [5.74, 6) is 7.26. The Kier molecular flexibility index (Phi) is 2.04. The van der Waals surface area contributed by atoms with Gasteiger partial charge in [-0.1, -0.05) is 12.8 Å². The first kappa shape index (κ1) is 7.66. The van der Waals surface area contributed by atoms with Gasteiger partial charge in [-0.25, -0.2) is 0 Å². The average molecular weight is 136 g/mol. The summed E-state index contributed by atoms with van der Waals surface area (Å²) in [4.78, 5) is 0. The maximum atomic E-state index is 3.32. The summed E-state index contributed by atoms with van der Waals surface area (Å²) in [6.07, 6.45) is 4.01. The van der Waals surface area contributed by atoms with Crippen molar-refractivity contribution < 1.29 is 0 Å². The van der Waals surface area contributed by atoms with E-state index >= 15 is 0 Å². The van der Waals surface area contributed by atoms with Crippen LogP contribution in [0.1, 0.15) is 40.0 Å². The quantitative estimate of drug-likeness (QED) is 0.512. The molecule has 1 aliphatic carbocycles. The van der Waals surface area contributed by atoms with Crippen molar-refractivity contribution in [3.05, 3.63) is 0 Å². The molecule has 0 aromatic heterocycles. The Morgan fingerprint density at radius 2 is 2.10 bits per heavy atom. The minimum atomic E-state index is 0.342. The molecule has 1 saturated carbocycles. The normalized spacial score (nSPS) is 22.7. The molecule has 0 spiro atoms. The molecule has 1 aliphatic rings. The van der Waals surface area contributed by atoms with E-state index in [2.05, 4.69) is 25.7 Å². The molecule has 0 N–H and O–H groups in total. The second kappa shape index (κ2) is 2.66. The number of hydrogen-bond donors (Lipinski definition) is 0. The van der Waals surface area contributed by atoms with E-state index in [0.29, 0.717) is 5.41 Å². The molecule has 1 fully saturated rings. The van der Waals surface area contributed by atoms with Crippen molar-refractivity contribution in [2.45, 2.75) is 40.0 Å². The third kappa shape index (κ3) is 1.34. The van der Waals surface area contributed by atoms with Crippen LogP contribution in [0.3, 0.4) is 0 Å². The molecule has 0 radical (unpaired) electrons. The molecule has 0 aliphatic heterocycles. The predicted molar refractivity (Wildman–Crippen MR) is 44.6 cm³/mol. The van der Waals surface area contributed by atoms with Crippen LogP contribution in [-0.4, -0.2) is 0 Å². The molecule has 1 atom stereocenters. The van der Waals surface area contributed by atoms with Gasteiger partial charge < -0.3 is 0 Å². The Morgan fingerprint density at radius 3 is 2.40 bits per heavy atom. The lowest BCUT2D eigenvalue weighted by Gasteiger charge is -2.20. The minimum absolute atomic E-state index is 0.342. The van der Waals surface area contributed by atoms with Crippen LogP contribution in [-0.2, 0) is 0 Å². The Morgan fingerprint density at radius 1 is 1.50 bits per heavy atom. The molecule has 0 heteroatoms. The van der Waals surface area contributed by atoms with Crippen LogP contribution in [0, 0.1) is 23.2 Å². The van der Waals surface area contributed by atoms with E-state index in [9.17, 15) is 0 Å². The van der Waals surface area contributed by atoms with E-state index < -0.39 is 0 Å². The summed E-state index contributed by atoms with van der Waals surface area (Å²) in [5.41, 5.74) is 0.342. The fourth-order valence-corrected chi connectivity index (χ4v) is 1.49. The molecule has 0 saturated heterocycles. The minimum Gasteiger partial charge on any atom is -0.106 e. The number of rotatable bonds is 2. The van der Waals surface area contributed by atoms with E-state index in [1.54, 1.807) is 0 Å². The van der Waals surface area contributed by atoms with Crippen LogP contribution in [0.4, 0.5) is 0 Å². The highest BCUT2D eigenvalue weighted by molar-refractivity contribution is 5.13. The van der Waals surface area contributed by atoms with Gasteiger partial charge in [-0.3, -0.25) is 0 Å². The first-order valence-corrected chi connectivity index (χ1v) is 4.17. The first-order valence-electron chi connectivity index (χ1n) is 4.17. The second-order valence-electron chi connectivity index (χ2n) is 3.42. The average Bonchev–Trinajstić information content (AvgIpc) is 2.69. The van der Waals surface area contributed by atoms with Gasteiger partial charge in [0, 0.05) is 5.41 Å². The molecule has 0 nitrogen and oxygen atoms in total. The Bertz CT molecular complexity index is 166. The van der Waals surface area contributed by atoms with Crippen LogP contribution in [0.25, 0.3) is 0 Å². The summed E-state index contributed by atoms with van der Waals surface area (Å²) < 4.78 is 0. The molecule has 0 aromatic rings. The third-order valence-electron chi connectivity index (χ3n) is 2.62. The van der Waals surface area contributed by atoms with Gasteiger partial charge >= 0.3 is 0 Å². The van der Waals surface area contributed by atoms with Crippen LogP contribution in [0.2, 0.25) is 0 Å². The summed E-state index contributed by atoms with van der Waals surface area (Å²) in [7, 11) is 0. The zero-order chi connectivity index (χ0) is 7.61. The maximum Gasteiger partial charge on any atom is 0.0312 e. The monoisotopic (exact) mass is 136 g/mol. The van der Waals surface area contributed by atoms with Gasteiger partial charge in [0.15, 0.2) is 0 Å². The molecule has 0 aromatic carbocycles. The van der Waals surface area contributed by atoms with E-state index in [1.165, 1.54) is 19.3 Å². The standard InChI is InChI=1S/C10H16/c1-4-8-10(3,5-2)9-6-7-9/h9H,5-7H2,1-3H3. The van der Waals surface area contributed by atoms with Gasteiger partial charge in [0.2, 0.25) is 0 Å². The highest BCUT2D eigenvalue weighted by Gasteiger charge is 2.38. The molecular formula is C10H16. The van der Waals surface area contributed by atoms with Gasteiger partial charge in [-0.05, 0) is 39.0 Å². The van der Waals surface area contributed by atoms with Crippen molar-refractivity contribution in [2.24, 2.45) is 11.3 Å². The van der Waals surface area contributed by atoms with Gasteiger partial charge in [-0.2, -0.15) is 0 Å². The Labute approximate surface area is 64.0 Å². The van der Waals surface area contributed by atoms with Crippen LogP contribution >= 0.6 is 0 Å². The smallest absolute Gasteiger partial charge is 0.0312 e. The molecule has 56 valence electrons. The van der Waals surface area contributed by atoms with Crippen molar-refractivity contribution in [3.8, 4) is 11.8 Å². The maximum absolute atomic E-state index is 3.32. The molecule has 0 amide bonds. The zero-order valence-corrected chi connectivity index (χ0v) is 7.20. The highest BCUT2D eigenvalue weighted by Crippen LogP contribution is 2.46. The summed E-state index contributed by atoms with van der Waals surface area (Å²) in [6, 6.07) is 0. The van der Waals surface area contributed by atoms with Gasteiger partial charge in [0.25, 0.3) is 0 Å². The van der Waals surface area contributed by atoms with E-state index in [1.807, 2.05) is 6.92 Å². The van der Waals surface area contributed by atoms with Crippen molar-refractivity contribution in [1.82, 2.24) is 0 Å². The highest BCUT2D eigenvalue weighted by atomic mass is 14.4. The third-order valence-corrected chi connectivity index (χ3v) is 2.62. The van der Waals surface area contributed by atoms with Crippen LogP contribution in [0.5, 0.6) is 0 Å². The van der Waals surface area contributed by atoms with Crippen LogP contribution in [0.15, 0.2) is 0 Å². The SMILES string of the molecule is CC#CC(C)(CC)C1CC1. The van der Waals surface area contributed by atoms with Crippen molar-refractivity contribution in [3.63, 3.8) is 0 Å². The van der Waals surface area contributed by atoms with E-state index in [0.717, 1.165) is 5.92 Å². The topological polar surface area (TPSA) is 0 Å². The number of hydrogen-bond acceptors (Lipinski definition) is 0. The lowest BCUT2D eigenvalue weighted by molar-refractivity contribution is 0.370. The largest absolute Gasteiger partial charge is 0.106 e. The summed E-state index contributed by atoms with van der Waals surface area (Å²) in [6.45, 7) is 6.47. The van der Waals surface area contributed by atoms with E-state index in [4.69, 9.17) is 0 Å². The first-order chi connectivity index (χ1) is 4.73. The fourth-order valence-electron chi connectivity index (χ4n) is 1.49. The lowest BCUT2D eigenvalue weighted by Crippen LogP contribution is -2.14. The molecule has 0 heterocycles. The van der Waals surface area contributed by atoms with E-state index in [-0.39, 0.29) is 0 Å². The fraction of sp³-hybridized carbons (Fsp3) is 0.800. The van der Waals surface area contributed by atoms with Crippen molar-refractivity contribution >= 4 is 0 Å². The summed E-state index contributed by atoms with van der Waals surface area (Å²) >= 11 is 0. The summed E-state index contributed by atoms with van der Waals surface area (Å²) in [5, 5.41) is 0. The zero-order valence-electron chi connectivity index (χ0n) is 7.20. The molecule has 10 heavy (non-hydrogen) atoms. The van der Waals surface area contributed by atoms with Gasteiger partial charge in [-0.15, -0.1) is 5.92 Å². The Balaban J connectivity index is 2.62. The lowest BCUT2D eigenvalue weighted by atomic mass is 9.83. The second-order valence-corrected chi connectivity index (χ2v) is 3.42. The Hall–Kier alpha value is -0.440. The van der Waals surface area contributed by atoms with Gasteiger partial charge in [0.1, 0.15) is 0 Å². The van der Waals surface area contributed by atoms with Gasteiger partial charge in [0.05, 0.1) is 0 Å². The molecular weight excluding hydrogens is 120 g/mol.